The fraction of sp³-hybridized carbons (Fsp3) is 0.391. The van der Waals surface area contributed by atoms with Gasteiger partial charge in [0.15, 0.2) is 0 Å². The van der Waals surface area contributed by atoms with Crippen LogP contribution in [0.4, 0.5) is 0 Å². The maximum Gasteiger partial charge on any atom is 0.242 e. The molecule has 2 rings (SSSR count). The summed E-state index contributed by atoms with van der Waals surface area (Å²) in [5.74, 6) is 0.738. The lowest BCUT2D eigenvalue weighted by molar-refractivity contribution is -0.138. The molecule has 1 atom stereocenters. The van der Waals surface area contributed by atoms with Crippen LogP contribution < -0.4 is 5.32 Å². The van der Waals surface area contributed by atoms with Crippen molar-refractivity contribution < 1.29 is 9.59 Å². The van der Waals surface area contributed by atoms with E-state index in [4.69, 9.17) is 11.6 Å². The van der Waals surface area contributed by atoms with Crippen LogP contribution >= 0.6 is 23.4 Å². The molecule has 0 saturated heterocycles. The van der Waals surface area contributed by atoms with Crippen molar-refractivity contribution in [1.82, 2.24) is 10.2 Å². The van der Waals surface area contributed by atoms with Gasteiger partial charge in [-0.05, 0) is 50.5 Å². The van der Waals surface area contributed by atoms with Crippen molar-refractivity contribution in [3.8, 4) is 0 Å². The normalized spacial score (nSPS) is 11.9. The number of amides is 2. The highest BCUT2D eigenvalue weighted by atomic mass is 35.5. The van der Waals surface area contributed by atoms with E-state index < -0.39 is 6.04 Å². The van der Waals surface area contributed by atoms with Crippen molar-refractivity contribution in [2.45, 2.75) is 52.1 Å². The highest BCUT2D eigenvalue weighted by Crippen LogP contribution is 2.22. The Labute approximate surface area is 183 Å². The van der Waals surface area contributed by atoms with Crippen LogP contribution in [-0.4, -0.2) is 34.6 Å². The van der Waals surface area contributed by atoms with Crippen molar-refractivity contribution >= 4 is 35.2 Å². The maximum absolute atomic E-state index is 13.1. The number of benzene rings is 2. The zero-order valence-electron chi connectivity index (χ0n) is 17.4. The standard InChI is InChI=1S/C23H29ClN2O2S/c1-16(2)25-23(28)18(4)26(13-19-10-6-5-9-17(19)3)22(27)15-29-14-20-11-7-8-12-21(20)24/h5-12,16,18H,13-15H2,1-4H3,(H,25,28)/t18-/m0/s1. The van der Waals surface area contributed by atoms with E-state index in [9.17, 15) is 9.59 Å². The second-order valence-corrected chi connectivity index (χ2v) is 8.76. The molecule has 2 aromatic rings. The molecule has 0 saturated carbocycles. The van der Waals surface area contributed by atoms with E-state index in [0.717, 1.165) is 16.7 Å². The molecule has 2 aromatic carbocycles. The van der Waals surface area contributed by atoms with Crippen LogP contribution in [0.15, 0.2) is 48.5 Å². The molecule has 1 N–H and O–H groups in total. The first-order chi connectivity index (χ1) is 13.8. The topological polar surface area (TPSA) is 49.4 Å². The predicted octanol–water partition coefficient (Wildman–Crippen LogP) is 4.82. The molecule has 156 valence electrons. The maximum atomic E-state index is 13.1. The number of hydrogen-bond acceptors (Lipinski definition) is 3. The molecule has 0 unspecified atom stereocenters. The first kappa shape index (κ1) is 23.3. The highest BCUT2D eigenvalue weighted by molar-refractivity contribution is 7.99. The van der Waals surface area contributed by atoms with Gasteiger partial charge in [-0.1, -0.05) is 54.1 Å². The van der Waals surface area contributed by atoms with Gasteiger partial charge in [-0.2, -0.15) is 0 Å². The smallest absolute Gasteiger partial charge is 0.242 e. The molecule has 0 spiro atoms. The summed E-state index contributed by atoms with van der Waals surface area (Å²) in [5.41, 5.74) is 3.15. The minimum atomic E-state index is -0.551. The number of halogens is 1. The van der Waals surface area contributed by atoms with Crippen LogP contribution in [0, 0.1) is 6.92 Å². The second kappa shape index (κ2) is 11.3. The Hall–Kier alpha value is -1.98. The average Bonchev–Trinajstić information content (AvgIpc) is 2.67. The number of rotatable bonds is 9. The Morgan fingerprint density at radius 2 is 1.66 bits per heavy atom. The average molecular weight is 433 g/mol. The summed E-state index contributed by atoms with van der Waals surface area (Å²) >= 11 is 7.71. The predicted molar refractivity (Wildman–Crippen MR) is 122 cm³/mol. The fourth-order valence-corrected chi connectivity index (χ4v) is 4.10. The van der Waals surface area contributed by atoms with E-state index in [2.05, 4.69) is 5.32 Å². The molecule has 0 heterocycles. The largest absolute Gasteiger partial charge is 0.352 e. The van der Waals surface area contributed by atoms with Gasteiger partial charge in [-0.3, -0.25) is 9.59 Å². The van der Waals surface area contributed by atoms with Gasteiger partial charge in [0, 0.05) is 23.4 Å². The van der Waals surface area contributed by atoms with E-state index in [1.807, 2.05) is 69.3 Å². The summed E-state index contributed by atoms with van der Waals surface area (Å²) in [6, 6.07) is 15.1. The summed E-state index contributed by atoms with van der Waals surface area (Å²) in [6.45, 7) is 8.04. The van der Waals surface area contributed by atoms with Crippen molar-refractivity contribution in [1.29, 1.82) is 0 Å². The van der Waals surface area contributed by atoms with E-state index in [1.165, 1.54) is 11.8 Å². The van der Waals surface area contributed by atoms with E-state index in [-0.39, 0.29) is 23.6 Å². The van der Waals surface area contributed by atoms with Crippen LogP contribution in [-0.2, 0) is 21.9 Å². The lowest BCUT2D eigenvalue weighted by atomic mass is 10.1. The highest BCUT2D eigenvalue weighted by Gasteiger charge is 2.26. The minimum Gasteiger partial charge on any atom is -0.352 e. The lowest BCUT2D eigenvalue weighted by Crippen LogP contribution is -2.49. The quantitative estimate of drug-likeness (QED) is 0.617. The third kappa shape index (κ3) is 7.09. The van der Waals surface area contributed by atoms with Crippen LogP contribution in [0.5, 0.6) is 0 Å². The molecule has 6 heteroatoms. The van der Waals surface area contributed by atoms with Gasteiger partial charge in [0.1, 0.15) is 6.04 Å². The molecular formula is C23H29ClN2O2S. The van der Waals surface area contributed by atoms with Gasteiger partial charge in [0.25, 0.3) is 0 Å². The third-order valence-electron chi connectivity index (χ3n) is 4.64. The number of nitrogens with one attached hydrogen (secondary N) is 1. The molecule has 0 fully saturated rings. The van der Waals surface area contributed by atoms with Crippen LogP contribution in [0.3, 0.4) is 0 Å². The van der Waals surface area contributed by atoms with Crippen LogP contribution in [0.2, 0.25) is 5.02 Å². The minimum absolute atomic E-state index is 0.0231. The van der Waals surface area contributed by atoms with E-state index >= 15 is 0 Å². The lowest BCUT2D eigenvalue weighted by Gasteiger charge is -2.30. The summed E-state index contributed by atoms with van der Waals surface area (Å²) in [6.07, 6.45) is 0. The number of nitrogens with zero attached hydrogens (tertiary/aromatic N) is 1. The van der Waals surface area contributed by atoms with E-state index in [1.54, 1.807) is 11.8 Å². The van der Waals surface area contributed by atoms with E-state index in [0.29, 0.717) is 17.3 Å². The van der Waals surface area contributed by atoms with Gasteiger partial charge >= 0.3 is 0 Å². The van der Waals surface area contributed by atoms with Gasteiger partial charge in [-0.15, -0.1) is 11.8 Å². The molecule has 0 aliphatic heterocycles. The second-order valence-electron chi connectivity index (χ2n) is 7.37. The molecule has 0 radical (unpaired) electrons. The number of aryl methyl sites for hydroxylation is 1. The van der Waals surface area contributed by atoms with Gasteiger partial charge in [0.2, 0.25) is 11.8 Å². The van der Waals surface area contributed by atoms with Crippen molar-refractivity contribution in [3.63, 3.8) is 0 Å². The summed E-state index contributed by atoms with van der Waals surface area (Å²) in [5, 5.41) is 3.61. The molecule has 4 nitrogen and oxygen atoms in total. The van der Waals surface area contributed by atoms with Gasteiger partial charge in [-0.25, -0.2) is 0 Å². The monoisotopic (exact) mass is 432 g/mol. The Bertz CT molecular complexity index is 841. The molecule has 0 aliphatic rings. The van der Waals surface area contributed by atoms with Crippen molar-refractivity contribution in [2.75, 3.05) is 5.75 Å². The number of hydrogen-bond donors (Lipinski definition) is 1. The van der Waals surface area contributed by atoms with Gasteiger partial charge in [0.05, 0.1) is 5.75 Å². The molecule has 0 bridgehead atoms. The molecule has 2 amide bonds. The Morgan fingerprint density at radius 3 is 2.28 bits per heavy atom. The molecule has 0 aliphatic carbocycles. The zero-order valence-corrected chi connectivity index (χ0v) is 19.0. The Balaban J connectivity index is 2.10. The van der Waals surface area contributed by atoms with Crippen LogP contribution in [0.25, 0.3) is 0 Å². The third-order valence-corrected chi connectivity index (χ3v) is 5.98. The zero-order chi connectivity index (χ0) is 21.4. The Kier molecular flexibility index (Phi) is 9.05. The molecular weight excluding hydrogens is 404 g/mol. The fourth-order valence-electron chi connectivity index (χ4n) is 2.91. The first-order valence-electron chi connectivity index (χ1n) is 9.75. The van der Waals surface area contributed by atoms with Gasteiger partial charge < -0.3 is 10.2 Å². The van der Waals surface area contributed by atoms with Crippen LogP contribution in [0.1, 0.15) is 37.5 Å². The number of carbonyl (C=O) groups is 2. The summed E-state index contributed by atoms with van der Waals surface area (Å²) in [4.78, 5) is 27.3. The summed E-state index contributed by atoms with van der Waals surface area (Å²) < 4.78 is 0. The SMILES string of the molecule is Cc1ccccc1CN(C(=O)CSCc1ccccc1Cl)[C@@H](C)C(=O)NC(C)C. The molecule has 0 aromatic heterocycles. The summed E-state index contributed by atoms with van der Waals surface area (Å²) in [7, 11) is 0. The first-order valence-corrected chi connectivity index (χ1v) is 11.3. The number of thioether (sulfide) groups is 1. The molecule has 29 heavy (non-hydrogen) atoms. The van der Waals surface area contributed by atoms with Crippen molar-refractivity contribution in [2.24, 2.45) is 0 Å². The number of carbonyl (C=O) groups excluding carboxylic acids is 2. The van der Waals surface area contributed by atoms with Crippen molar-refractivity contribution in [3.05, 3.63) is 70.2 Å². The Morgan fingerprint density at radius 1 is 1.03 bits per heavy atom.